The van der Waals surface area contributed by atoms with Gasteiger partial charge in [0.25, 0.3) is 0 Å². The molecule has 0 radical (unpaired) electrons. The van der Waals surface area contributed by atoms with Crippen LogP contribution in [0, 0.1) is 0 Å². The van der Waals surface area contributed by atoms with Crippen LogP contribution in [0.5, 0.6) is 11.8 Å². The first kappa shape index (κ1) is 12.2. The molecule has 0 aliphatic carbocycles. The highest BCUT2D eigenvalue weighted by atomic mass is 16.5. The molecule has 2 aromatic carbocycles. The summed E-state index contributed by atoms with van der Waals surface area (Å²) in [6.45, 7) is 0. The zero-order chi connectivity index (χ0) is 13.8. The zero-order valence-corrected chi connectivity index (χ0v) is 10.7. The second kappa shape index (κ2) is 5.40. The van der Waals surface area contributed by atoms with Crippen LogP contribution < -0.4 is 10.5 Å². The molecule has 4 heteroatoms. The Morgan fingerprint density at radius 2 is 1.50 bits per heavy atom. The van der Waals surface area contributed by atoms with Gasteiger partial charge >= 0.3 is 6.01 Å². The van der Waals surface area contributed by atoms with Crippen LogP contribution in [0.25, 0.3) is 11.1 Å². The van der Waals surface area contributed by atoms with E-state index >= 15 is 0 Å². The van der Waals surface area contributed by atoms with E-state index in [2.05, 4.69) is 22.1 Å². The van der Waals surface area contributed by atoms with E-state index in [0.717, 1.165) is 5.56 Å². The van der Waals surface area contributed by atoms with Crippen molar-refractivity contribution in [3.05, 3.63) is 66.9 Å². The van der Waals surface area contributed by atoms with Gasteiger partial charge in [-0.2, -0.15) is 4.98 Å². The Morgan fingerprint density at radius 1 is 0.800 bits per heavy atom. The maximum absolute atomic E-state index is 5.58. The molecule has 0 saturated carbocycles. The van der Waals surface area contributed by atoms with Gasteiger partial charge in [0, 0.05) is 6.20 Å². The SMILES string of the molecule is Nc1ccnc(Oc2ccc(-c3ccccc3)cc2)n1. The summed E-state index contributed by atoms with van der Waals surface area (Å²) in [5.74, 6) is 1.06. The van der Waals surface area contributed by atoms with Gasteiger partial charge in [0.1, 0.15) is 11.6 Å². The van der Waals surface area contributed by atoms with Crippen LogP contribution in [0.3, 0.4) is 0 Å². The van der Waals surface area contributed by atoms with Crippen molar-refractivity contribution >= 4 is 5.82 Å². The number of benzene rings is 2. The van der Waals surface area contributed by atoms with Crippen molar-refractivity contribution < 1.29 is 4.74 Å². The summed E-state index contributed by atoms with van der Waals surface area (Å²) < 4.78 is 5.55. The fourth-order valence-corrected chi connectivity index (χ4v) is 1.85. The maximum Gasteiger partial charge on any atom is 0.323 e. The minimum absolute atomic E-state index is 0.248. The number of ether oxygens (including phenoxy) is 1. The molecular formula is C16H13N3O. The lowest BCUT2D eigenvalue weighted by atomic mass is 10.1. The summed E-state index contributed by atoms with van der Waals surface area (Å²) in [5.41, 5.74) is 7.88. The van der Waals surface area contributed by atoms with E-state index in [1.807, 2.05) is 42.5 Å². The predicted octanol–water partition coefficient (Wildman–Crippen LogP) is 3.52. The molecule has 0 spiro atoms. The Bertz CT molecular complexity index is 696. The van der Waals surface area contributed by atoms with Gasteiger partial charge in [-0.15, -0.1) is 0 Å². The number of hydrogen-bond donors (Lipinski definition) is 1. The van der Waals surface area contributed by atoms with Crippen LogP contribution in [0.4, 0.5) is 5.82 Å². The van der Waals surface area contributed by atoms with Crippen molar-refractivity contribution in [1.29, 1.82) is 0 Å². The molecule has 2 N–H and O–H groups in total. The molecule has 4 nitrogen and oxygen atoms in total. The van der Waals surface area contributed by atoms with Gasteiger partial charge in [-0.1, -0.05) is 42.5 Å². The number of anilines is 1. The molecule has 0 bridgehead atoms. The number of nitrogens with two attached hydrogens (primary N) is 1. The fourth-order valence-electron chi connectivity index (χ4n) is 1.85. The van der Waals surface area contributed by atoms with Gasteiger partial charge in [-0.3, -0.25) is 0 Å². The Morgan fingerprint density at radius 3 is 2.20 bits per heavy atom. The Balaban J connectivity index is 1.80. The fraction of sp³-hybridized carbons (Fsp3) is 0. The predicted molar refractivity (Wildman–Crippen MR) is 78.4 cm³/mol. The third-order valence-electron chi connectivity index (χ3n) is 2.83. The third kappa shape index (κ3) is 2.75. The minimum Gasteiger partial charge on any atom is -0.424 e. The highest BCUT2D eigenvalue weighted by molar-refractivity contribution is 5.63. The Kier molecular flexibility index (Phi) is 3.29. The van der Waals surface area contributed by atoms with Crippen molar-refractivity contribution in [2.75, 3.05) is 5.73 Å². The summed E-state index contributed by atoms with van der Waals surface area (Å²) in [6, 6.07) is 19.8. The number of aromatic nitrogens is 2. The number of nitrogen functional groups attached to an aromatic ring is 1. The van der Waals surface area contributed by atoms with Gasteiger partial charge in [-0.25, -0.2) is 4.98 Å². The average Bonchev–Trinajstić information content (AvgIpc) is 2.49. The van der Waals surface area contributed by atoms with E-state index in [4.69, 9.17) is 10.5 Å². The third-order valence-corrected chi connectivity index (χ3v) is 2.83. The first-order valence-corrected chi connectivity index (χ1v) is 6.23. The van der Waals surface area contributed by atoms with Crippen molar-refractivity contribution in [2.45, 2.75) is 0 Å². The summed E-state index contributed by atoms with van der Waals surface area (Å²) in [5, 5.41) is 0. The lowest BCUT2D eigenvalue weighted by Crippen LogP contribution is -1.95. The number of nitrogens with zero attached hydrogens (tertiary/aromatic N) is 2. The smallest absolute Gasteiger partial charge is 0.323 e. The molecular weight excluding hydrogens is 250 g/mol. The molecule has 0 unspecified atom stereocenters. The van der Waals surface area contributed by atoms with E-state index in [9.17, 15) is 0 Å². The molecule has 0 atom stereocenters. The van der Waals surface area contributed by atoms with E-state index in [0.29, 0.717) is 11.6 Å². The van der Waals surface area contributed by atoms with Crippen molar-refractivity contribution in [2.24, 2.45) is 0 Å². The van der Waals surface area contributed by atoms with Crippen molar-refractivity contribution in [1.82, 2.24) is 9.97 Å². The topological polar surface area (TPSA) is 61.0 Å². The van der Waals surface area contributed by atoms with E-state index in [-0.39, 0.29) is 6.01 Å². The van der Waals surface area contributed by atoms with E-state index in [1.165, 1.54) is 5.56 Å². The van der Waals surface area contributed by atoms with Gasteiger partial charge < -0.3 is 10.5 Å². The summed E-state index contributed by atoms with van der Waals surface area (Å²) in [4.78, 5) is 8.00. The number of hydrogen-bond acceptors (Lipinski definition) is 4. The van der Waals surface area contributed by atoms with Gasteiger partial charge in [-0.05, 0) is 29.3 Å². The largest absolute Gasteiger partial charge is 0.424 e. The van der Waals surface area contributed by atoms with Crippen LogP contribution >= 0.6 is 0 Å². The summed E-state index contributed by atoms with van der Waals surface area (Å²) >= 11 is 0. The molecule has 98 valence electrons. The standard InChI is InChI=1S/C16H13N3O/c17-15-10-11-18-16(19-15)20-14-8-6-13(7-9-14)12-4-2-1-3-5-12/h1-11H,(H2,17,18,19). The first-order chi connectivity index (χ1) is 9.81. The lowest BCUT2D eigenvalue weighted by molar-refractivity contribution is 0.443. The molecule has 0 amide bonds. The second-order valence-corrected chi connectivity index (χ2v) is 4.26. The molecule has 0 saturated heterocycles. The van der Waals surface area contributed by atoms with Crippen LogP contribution in [-0.4, -0.2) is 9.97 Å². The molecule has 1 heterocycles. The van der Waals surface area contributed by atoms with E-state index in [1.54, 1.807) is 12.3 Å². The molecule has 20 heavy (non-hydrogen) atoms. The molecule has 0 fully saturated rings. The second-order valence-electron chi connectivity index (χ2n) is 4.26. The average molecular weight is 263 g/mol. The highest BCUT2D eigenvalue weighted by Gasteiger charge is 2.02. The van der Waals surface area contributed by atoms with E-state index < -0.39 is 0 Å². The first-order valence-electron chi connectivity index (χ1n) is 6.23. The maximum atomic E-state index is 5.58. The normalized spacial score (nSPS) is 10.2. The van der Waals surface area contributed by atoms with Gasteiger partial charge in [0.2, 0.25) is 0 Å². The summed E-state index contributed by atoms with van der Waals surface area (Å²) in [6.07, 6.45) is 1.57. The Labute approximate surface area is 116 Å². The lowest BCUT2D eigenvalue weighted by Gasteiger charge is -2.05. The van der Waals surface area contributed by atoms with Crippen LogP contribution in [0.15, 0.2) is 66.9 Å². The van der Waals surface area contributed by atoms with Crippen LogP contribution in [0.1, 0.15) is 0 Å². The quantitative estimate of drug-likeness (QED) is 0.785. The van der Waals surface area contributed by atoms with Crippen molar-refractivity contribution in [3.8, 4) is 22.9 Å². The highest BCUT2D eigenvalue weighted by Crippen LogP contribution is 2.24. The molecule has 0 aliphatic rings. The Hall–Kier alpha value is -2.88. The van der Waals surface area contributed by atoms with Crippen molar-refractivity contribution in [3.63, 3.8) is 0 Å². The van der Waals surface area contributed by atoms with Gasteiger partial charge in [0.05, 0.1) is 0 Å². The monoisotopic (exact) mass is 263 g/mol. The molecule has 3 aromatic rings. The minimum atomic E-state index is 0.248. The van der Waals surface area contributed by atoms with Crippen LogP contribution in [0.2, 0.25) is 0 Å². The molecule has 1 aromatic heterocycles. The molecule has 3 rings (SSSR count). The van der Waals surface area contributed by atoms with Crippen LogP contribution in [-0.2, 0) is 0 Å². The molecule has 0 aliphatic heterocycles. The zero-order valence-electron chi connectivity index (χ0n) is 10.7. The van der Waals surface area contributed by atoms with Gasteiger partial charge in [0.15, 0.2) is 0 Å². The number of rotatable bonds is 3. The summed E-state index contributed by atoms with van der Waals surface area (Å²) in [7, 11) is 0.